The molecule has 102 valence electrons. The quantitative estimate of drug-likeness (QED) is 0.691. The van der Waals surface area contributed by atoms with E-state index in [0.717, 1.165) is 50.3 Å². The minimum Gasteiger partial charge on any atom is -0.398 e. The summed E-state index contributed by atoms with van der Waals surface area (Å²) in [6.07, 6.45) is 1.94. The lowest BCUT2D eigenvalue weighted by molar-refractivity contribution is 0.185. The van der Waals surface area contributed by atoms with E-state index in [1.54, 1.807) is 0 Å². The van der Waals surface area contributed by atoms with Gasteiger partial charge in [-0.05, 0) is 18.9 Å². The van der Waals surface area contributed by atoms with E-state index in [1.807, 2.05) is 29.2 Å². The predicted molar refractivity (Wildman–Crippen MR) is 74.7 cm³/mol. The first-order valence-electron chi connectivity index (χ1n) is 6.84. The number of hydrogen-bond acceptors (Lipinski definition) is 3. The van der Waals surface area contributed by atoms with Crippen molar-refractivity contribution >= 4 is 11.7 Å². The van der Waals surface area contributed by atoms with Gasteiger partial charge in [0.2, 0.25) is 0 Å². The third kappa shape index (κ3) is 2.38. The van der Waals surface area contributed by atoms with Crippen molar-refractivity contribution in [3.05, 3.63) is 29.8 Å². The zero-order valence-electron chi connectivity index (χ0n) is 11.0. The molecule has 1 saturated heterocycles. The molecule has 2 fully saturated rings. The SMILES string of the molecule is Nc1ccccc1C1(NC(=O)N2CCNCC2)CC1. The average Bonchev–Trinajstić information content (AvgIpc) is 3.21. The van der Waals surface area contributed by atoms with E-state index in [-0.39, 0.29) is 11.6 Å². The number of benzene rings is 1. The number of urea groups is 1. The first-order valence-corrected chi connectivity index (χ1v) is 6.84. The summed E-state index contributed by atoms with van der Waals surface area (Å²) in [6, 6.07) is 7.84. The van der Waals surface area contributed by atoms with E-state index in [1.165, 1.54) is 0 Å². The van der Waals surface area contributed by atoms with Crippen molar-refractivity contribution < 1.29 is 4.79 Å². The van der Waals surface area contributed by atoms with E-state index in [9.17, 15) is 4.79 Å². The maximum atomic E-state index is 12.3. The lowest BCUT2D eigenvalue weighted by atomic mass is 10.0. The van der Waals surface area contributed by atoms with Gasteiger partial charge < -0.3 is 21.3 Å². The highest BCUT2D eigenvalue weighted by Gasteiger charge is 2.47. The van der Waals surface area contributed by atoms with E-state index in [2.05, 4.69) is 10.6 Å². The molecule has 0 atom stereocenters. The number of piperazine rings is 1. The fourth-order valence-corrected chi connectivity index (χ4v) is 2.67. The lowest BCUT2D eigenvalue weighted by Gasteiger charge is -2.30. The van der Waals surface area contributed by atoms with Crippen molar-refractivity contribution in [1.29, 1.82) is 0 Å². The zero-order valence-corrected chi connectivity index (χ0v) is 11.0. The summed E-state index contributed by atoms with van der Waals surface area (Å²) in [7, 11) is 0. The maximum absolute atomic E-state index is 12.3. The summed E-state index contributed by atoms with van der Waals surface area (Å²) < 4.78 is 0. The van der Waals surface area contributed by atoms with Crippen LogP contribution in [0.15, 0.2) is 24.3 Å². The Kier molecular flexibility index (Phi) is 3.06. The summed E-state index contributed by atoms with van der Waals surface area (Å²) in [5.41, 5.74) is 7.62. The monoisotopic (exact) mass is 260 g/mol. The Morgan fingerprint density at radius 1 is 1.26 bits per heavy atom. The van der Waals surface area contributed by atoms with Gasteiger partial charge in [0, 0.05) is 37.4 Å². The average molecular weight is 260 g/mol. The van der Waals surface area contributed by atoms with E-state index < -0.39 is 0 Å². The molecule has 2 amide bonds. The molecule has 1 heterocycles. The molecule has 3 rings (SSSR count). The Bertz CT molecular complexity index is 478. The van der Waals surface area contributed by atoms with Crippen molar-refractivity contribution in [2.75, 3.05) is 31.9 Å². The molecule has 0 bridgehead atoms. The molecule has 1 aromatic rings. The highest BCUT2D eigenvalue weighted by Crippen LogP contribution is 2.47. The molecular formula is C14H20N4O. The molecular weight excluding hydrogens is 240 g/mol. The second-order valence-electron chi connectivity index (χ2n) is 5.34. The summed E-state index contributed by atoms with van der Waals surface area (Å²) in [5.74, 6) is 0. The fraction of sp³-hybridized carbons (Fsp3) is 0.500. The van der Waals surface area contributed by atoms with Crippen LogP contribution in [-0.2, 0) is 5.54 Å². The van der Waals surface area contributed by atoms with Crippen molar-refractivity contribution in [2.45, 2.75) is 18.4 Å². The highest BCUT2D eigenvalue weighted by atomic mass is 16.2. The summed E-state index contributed by atoms with van der Waals surface area (Å²) >= 11 is 0. The normalized spacial score (nSPS) is 20.9. The van der Waals surface area contributed by atoms with E-state index in [0.29, 0.717) is 0 Å². The van der Waals surface area contributed by atoms with Gasteiger partial charge in [0.15, 0.2) is 0 Å². The molecule has 0 spiro atoms. The molecule has 5 nitrogen and oxygen atoms in total. The fourth-order valence-electron chi connectivity index (χ4n) is 2.67. The van der Waals surface area contributed by atoms with Gasteiger partial charge in [0.25, 0.3) is 0 Å². The molecule has 0 aromatic heterocycles. The lowest BCUT2D eigenvalue weighted by Crippen LogP contribution is -2.52. The van der Waals surface area contributed by atoms with Gasteiger partial charge in [-0.25, -0.2) is 4.79 Å². The minimum atomic E-state index is -0.229. The molecule has 0 radical (unpaired) electrons. The summed E-state index contributed by atoms with van der Waals surface area (Å²) in [5, 5.41) is 6.42. The molecule has 1 aromatic carbocycles. The number of anilines is 1. The van der Waals surface area contributed by atoms with Crippen LogP contribution in [0.2, 0.25) is 0 Å². The summed E-state index contributed by atoms with van der Waals surface area (Å²) in [6.45, 7) is 3.28. The number of amides is 2. The van der Waals surface area contributed by atoms with Gasteiger partial charge >= 0.3 is 6.03 Å². The molecule has 1 aliphatic carbocycles. The Labute approximate surface area is 113 Å². The zero-order chi connectivity index (χ0) is 13.3. The minimum absolute atomic E-state index is 0.0299. The van der Waals surface area contributed by atoms with Crippen molar-refractivity contribution in [3.63, 3.8) is 0 Å². The van der Waals surface area contributed by atoms with E-state index in [4.69, 9.17) is 5.73 Å². The number of nitrogens with two attached hydrogens (primary N) is 1. The molecule has 1 aliphatic heterocycles. The van der Waals surface area contributed by atoms with Crippen LogP contribution < -0.4 is 16.4 Å². The van der Waals surface area contributed by atoms with Crippen LogP contribution in [0, 0.1) is 0 Å². The predicted octanol–water partition coefficient (Wildman–Crippen LogP) is 0.873. The molecule has 5 heteroatoms. The number of nitrogens with zero attached hydrogens (tertiary/aromatic N) is 1. The van der Waals surface area contributed by atoms with Crippen LogP contribution >= 0.6 is 0 Å². The molecule has 2 aliphatic rings. The van der Waals surface area contributed by atoms with Crippen molar-refractivity contribution in [3.8, 4) is 0 Å². The third-order valence-electron chi connectivity index (χ3n) is 3.98. The number of para-hydroxylation sites is 1. The number of carbonyl (C=O) groups excluding carboxylic acids is 1. The van der Waals surface area contributed by atoms with Crippen LogP contribution in [0.1, 0.15) is 18.4 Å². The van der Waals surface area contributed by atoms with Crippen LogP contribution in [-0.4, -0.2) is 37.1 Å². The molecule has 1 saturated carbocycles. The summed E-state index contributed by atoms with van der Waals surface area (Å²) in [4.78, 5) is 14.2. The number of rotatable bonds is 2. The van der Waals surface area contributed by atoms with Crippen LogP contribution in [0.3, 0.4) is 0 Å². The van der Waals surface area contributed by atoms with Gasteiger partial charge in [-0.3, -0.25) is 0 Å². The Balaban J connectivity index is 1.72. The third-order valence-corrected chi connectivity index (χ3v) is 3.98. The highest BCUT2D eigenvalue weighted by molar-refractivity contribution is 5.76. The van der Waals surface area contributed by atoms with Gasteiger partial charge in [0.05, 0.1) is 5.54 Å². The van der Waals surface area contributed by atoms with Crippen molar-refractivity contribution in [2.24, 2.45) is 0 Å². The van der Waals surface area contributed by atoms with Crippen molar-refractivity contribution in [1.82, 2.24) is 15.5 Å². The van der Waals surface area contributed by atoms with E-state index >= 15 is 0 Å². The Hall–Kier alpha value is -1.75. The topological polar surface area (TPSA) is 70.4 Å². The second kappa shape index (κ2) is 4.74. The Morgan fingerprint density at radius 2 is 1.95 bits per heavy atom. The van der Waals surface area contributed by atoms with Gasteiger partial charge in [-0.15, -0.1) is 0 Å². The number of nitrogens with one attached hydrogen (secondary N) is 2. The number of carbonyl (C=O) groups is 1. The standard InChI is InChI=1S/C14H20N4O/c15-12-4-2-1-3-11(12)14(5-6-14)17-13(19)18-9-7-16-8-10-18/h1-4,16H,5-10,15H2,(H,17,19). The number of nitrogen functional groups attached to an aromatic ring is 1. The van der Waals surface area contributed by atoms with Crippen LogP contribution in [0.25, 0.3) is 0 Å². The second-order valence-corrected chi connectivity index (χ2v) is 5.34. The van der Waals surface area contributed by atoms with Gasteiger partial charge in [-0.2, -0.15) is 0 Å². The number of hydrogen-bond donors (Lipinski definition) is 3. The first kappa shape index (κ1) is 12.3. The van der Waals surface area contributed by atoms with Gasteiger partial charge in [0.1, 0.15) is 0 Å². The molecule has 19 heavy (non-hydrogen) atoms. The maximum Gasteiger partial charge on any atom is 0.318 e. The molecule has 0 unspecified atom stereocenters. The van der Waals surface area contributed by atoms with Crippen LogP contribution in [0.5, 0.6) is 0 Å². The largest absolute Gasteiger partial charge is 0.398 e. The van der Waals surface area contributed by atoms with Crippen LogP contribution in [0.4, 0.5) is 10.5 Å². The molecule has 4 N–H and O–H groups in total. The van der Waals surface area contributed by atoms with Gasteiger partial charge in [-0.1, -0.05) is 18.2 Å². The smallest absolute Gasteiger partial charge is 0.318 e. The Morgan fingerprint density at radius 3 is 2.58 bits per heavy atom. The first-order chi connectivity index (χ1) is 9.21.